The predicted octanol–water partition coefficient (Wildman–Crippen LogP) is 3.19. The fourth-order valence-corrected chi connectivity index (χ4v) is 3.90. The van der Waals surface area contributed by atoms with Crippen LogP contribution < -0.4 is 5.73 Å². The van der Waals surface area contributed by atoms with E-state index >= 15 is 0 Å². The van der Waals surface area contributed by atoms with Crippen LogP contribution in [0.3, 0.4) is 0 Å². The maximum atomic E-state index is 12.8. The summed E-state index contributed by atoms with van der Waals surface area (Å²) >= 11 is 1.75. The zero-order valence-electron chi connectivity index (χ0n) is 11.9. The van der Waals surface area contributed by atoms with Gasteiger partial charge in [-0.3, -0.25) is 4.79 Å². The van der Waals surface area contributed by atoms with Gasteiger partial charge in [-0.2, -0.15) is 0 Å². The van der Waals surface area contributed by atoms with E-state index in [9.17, 15) is 9.90 Å². The highest BCUT2D eigenvalue weighted by atomic mass is 32.1. The van der Waals surface area contributed by atoms with Crippen LogP contribution in [0.4, 0.5) is 5.69 Å². The van der Waals surface area contributed by atoms with Crippen LogP contribution in [0.2, 0.25) is 0 Å². The lowest BCUT2D eigenvalue weighted by Crippen LogP contribution is -2.39. The molecule has 0 saturated carbocycles. The van der Waals surface area contributed by atoms with Gasteiger partial charge in [0.1, 0.15) is 0 Å². The van der Waals surface area contributed by atoms with Crippen LogP contribution in [0, 0.1) is 0 Å². The molecule has 0 radical (unpaired) electrons. The van der Waals surface area contributed by atoms with Crippen LogP contribution in [0.1, 0.15) is 40.2 Å². The maximum absolute atomic E-state index is 12.8. The zero-order chi connectivity index (χ0) is 15.0. The van der Waals surface area contributed by atoms with Crippen LogP contribution in [-0.4, -0.2) is 22.5 Å². The first-order valence-electron chi connectivity index (χ1n) is 7.08. The molecular formula is C16H18N2O2S. The Balaban J connectivity index is 1.97. The summed E-state index contributed by atoms with van der Waals surface area (Å²) in [6.07, 6.45) is 1.73. The smallest absolute Gasteiger partial charge is 0.258 e. The van der Waals surface area contributed by atoms with E-state index < -0.39 is 0 Å². The number of thiophene rings is 1. The third-order valence-electron chi connectivity index (χ3n) is 4.04. The highest BCUT2D eigenvalue weighted by molar-refractivity contribution is 7.10. The second-order valence-corrected chi connectivity index (χ2v) is 6.22. The zero-order valence-corrected chi connectivity index (χ0v) is 12.7. The summed E-state index contributed by atoms with van der Waals surface area (Å²) in [5, 5.41) is 12.1. The van der Waals surface area contributed by atoms with Crippen molar-refractivity contribution in [1.82, 2.24) is 4.90 Å². The van der Waals surface area contributed by atoms with Crippen LogP contribution in [0.15, 0.2) is 29.6 Å². The van der Waals surface area contributed by atoms with E-state index in [1.54, 1.807) is 29.5 Å². The summed E-state index contributed by atoms with van der Waals surface area (Å²) in [4.78, 5) is 16.0. The molecule has 1 aliphatic rings. The lowest BCUT2D eigenvalue weighted by atomic mass is 9.96. The van der Waals surface area contributed by atoms with Crippen molar-refractivity contribution >= 4 is 22.9 Å². The molecule has 1 aromatic carbocycles. The van der Waals surface area contributed by atoms with Crippen LogP contribution in [0.25, 0.3) is 0 Å². The van der Waals surface area contributed by atoms with Gasteiger partial charge < -0.3 is 15.7 Å². The Kier molecular flexibility index (Phi) is 3.59. The highest BCUT2D eigenvalue weighted by Gasteiger charge is 2.32. The lowest BCUT2D eigenvalue weighted by Gasteiger charge is -2.35. The van der Waals surface area contributed by atoms with Gasteiger partial charge in [-0.1, -0.05) is 13.0 Å². The monoisotopic (exact) mass is 302 g/mol. The number of anilines is 1. The Morgan fingerprint density at radius 3 is 3.05 bits per heavy atom. The van der Waals surface area contributed by atoms with E-state index in [4.69, 9.17) is 5.73 Å². The molecule has 1 unspecified atom stereocenters. The van der Waals surface area contributed by atoms with Crippen molar-refractivity contribution in [3.05, 3.63) is 45.6 Å². The Hall–Kier alpha value is -2.01. The van der Waals surface area contributed by atoms with Crippen molar-refractivity contribution in [2.24, 2.45) is 0 Å². The van der Waals surface area contributed by atoms with Crippen LogP contribution >= 0.6 is 11.3 Å². The Labute approximate surface area is 127 Å². The van der Waals surface area contributed by atoms with Gasteiger partial charge in [-0.05, 0) is 42.0 Å². The average Bonchev–Trinajstić information content (AvgIpc) is 2.96. The molecule has 0 spiro atoms. The van der Waals surface area contributed by atoms with Gasteiger partial charge in [0.2, 0.25) is 0 Å². The van der Waals surface area contributed by atoms with Gasteiger partial charge in [0, 0.05) is 11.4 Å². The number of benzene rings is 1. The van der Waals surface area contributed by atoms with E-state index in [1.807, 2.05) is 4.90 Å². The van der Waals surface area contributed by atoms with Gasteiger partial charge in [-0.15, -0.1) is 11.3 Å². The molecule has 1 atom stereocenters. The van der Waals surface area contributed by atoms with Crippen molar-refractivity contribution in [1.29, 1.82) is 0 Å². The Morgan fingerprint density at radius 1 is 1.48 bits per heavy atom. The molecule has 0 aliphatic carbocycles. The van der Waals surface area contributed by atoms with Crippen molar-refractivity contribution in [3.8, 4) is 5.75 Å². The Morgan fingerprint density at radius 2 is 2.29 bits per heavy atom. The summed E-state index contributed by atoms with van der Waals surface area (Å²) < 4.78 is 0. The molecule has 1 aromatic heterocycles. The minimum atomic E-state index is -0.150. The third-order valence-corrected chi connectivity index (χ3v) is 5.04. The molecule has 5 heteroatoms. The first-order valence-corrected chi connectivity index (χ1v) is 7.96. The molecule has 2 aromatic rings. The predicted molar refractivity (Wildman–Crippen MR) is 84.6 cm³/mol. The van der Waals surface area contributed by atoms with Crippen molar-refractivity contribution in [2.45, 2.75) is 25.8 Å². The second-order valence-electron chi connectivity index (χ2n) is 5.22. The third kappa shape index (κ3) is 2.27. The lowest BCUT2D eigenvalue weighted by molar-refractivity contribution is 0.0654. The molecule has 3 N–H and O–H groups in total. The number of phenols is 1. The molecule has 2 heterocycles. The van der Waals surface area contributed by atoms with Crippen molar-refractivity contribution in [2.75, 3.05) is 12.3 Å². The normalized spacial score (nSPS) is 17.6. The fourth-order valence-electron chi connectivity index (χ4n) is 2.97. The van der Waals surface area contributed by atoms with E-state index in [2.05, 4.69) is 18.4 Å². The molecule has 1 aliphatic heterocycles. The molecular weight excluding hydrogens is 284 g/mol. The topological polar surface area (TPSA) is 66.6 Å². The van der Waals surface area contributed by atoms with Crippen LogP contribution in [0.5, 0.6) is 5.75 Å². The average molecular weight is 302 g/mol. The van der Waals surface area contributed by atoms with E-state index in [0.717, 1.165) is 12.8 Å². The molecule has 21 heavy (non-hydrogen) atoms. The summed E-state index contributed by atoms with van der Waals surface area (Å²) in [6, 6.07) is 7.10. The minimum absolute atomic E-state index is 0.0772. The van der Waals surface area contributed by atoms with Gasteiger partial charge in [-0.25, -0.2) is 0 Å². The molecule has 1 amide bonds. The maximum Gasteiger partial charge on any atom is 0.258 e. The number of aromatic hydroxyl groups is 1. The first-order chi connectivity index (χ1) is 10.1. The number of fused-ring (bicyclic) bond motifs is 1. The summed E-state index contributed by atoms with van der Waals surface area (Å²) in [5.41, 5.74) is 7.46. The van der Waals surface area contributed by atoms with E-state index in [0.29, 0.717) is 6.54 Å². The summed E-state index contributed by atoms with van der Waals surface area (Å²) in [6.45, 7) is 2.76. The number of hydrogen-bond donors (Lipinski definition) is 2. The van der Waals surface area contributed by atoms with Crippen LogP contribution in [-0.2, 0) is 6.42 Å². The number of rotatable bonds is 2. The minimum Gasteiger partial charge on any atom is -0.505 e. The van der Waals surface area contributed by atoms with Gasteiger partial charge in [0.25, 0.3) is 5.91 Å². The van der Waals surface area contributed by atoms with Gasteiger partial charge in [0.15, 0.2) is 5.75 Å². The van der Waals surface area contributed by atoms with Crippen molar-refractivity contribution < 1.29 is 9.90 Å². The van der Waals surface area contributed by atoms with Gasteiger partial charge in [0.05, 0.1) is 17.3 Å². The number of nitrogens with zero attached hydrogens (tertiary/aromatic N) is 1. The molecule has 3 rings (SSSR count). The number of nitrogens with two attached hydrogens (primary N) is 1. The second kappa shape index (κ2) is 5.41. The molecule has 0 bridgehead atoms. The Bertz CT molecular complexity index is 681. The number of phenolic OH excluding ortho intramolecular Hbond substituents is 1. The van der Waals surface area contributed by atoms with E-state index in [1.165, 1.54) is 10.4 Å². The number of nitrogen functional groups attached to an aromatic ring is 1. The first kappa shape index (κ1) is 13.9. The molecule has 110 valence electrons. The number of amides is 1. The molecule has 0 saturated heterocycles. The number of carbonyl (C=O) groups excluding carboxylic acids is 1. The molecule has 0 fully saturated rings. The SMILES string of the molecule is CCC1c2ccsc2CCN1C(=O)c1cccc(N)c1O. The highest BCUT2D eigenvalue weighted by Crippen LogP contribution is 2.37. The number of carbonyl (C=O) groups is 1. The van der Waals surface area contributed by atoms with Gasteiger partial charge >= 0.3 is 0 Å². The standard InChI is InChI=1S/C16H18N2O2S/c1-2-13-10-7-9-21-14(10)6-8-18(13)16(20)11-4-3-5-12(17)15(11)19/h3-5,7,9,13,19H,2,6,8,17H2,1H3. The fraction of sp³-hybridized carbons (Fsp3) is 0.312. The van der Waals surface area contributed by atoms with E-state index in [-0.39, 0.29) is 28.9 Å². The van der Waals surface area contributed by atoms with Crippen molar-refractivity contribution in [3.63, 3.8) is 0 Å². The summed E-state index contributed by atoms with van der Waals surface area (Å²) in [5.74, 6) is -0.267. The molecule has 4 nitrogen and oxygen atoms in total. The number of para-hydroxylation sites is 1. The quantitative estimate of drug-likeness (QED) is 0.661. The summed E-state index contributed by atoms with van der Waals surface area (Å²) in [7, 11) is 0. The largest absolute Gasteiger partial charge is 0.505 e. The number of hydrogen-bond acceptors (Lipinski definition) is 4.